The normalized spacial score (nSPS) is 10.7. The molecule has 1 amide bonds. The first kappa shape index (κ1) is 12.0. The summed E-state index contributed by atoms with van der Waals surface area (Å²) in [6, 6.07) is 3.71. The molecule has 0 radical (unpaired) electrons. The maximum atomic E-state index is 11.6. The van der Waals surface area contributed by atoms with E-state index in [0.29, 0.717) is 6.54 Å². The molecule has 0 unspecified atom stereocenters. The van der Waals surface area contributed by atoms with Crippen molar-refractivity contribution >= 4 is 12.0 Å². The molecule has 5 nitrogen and oxygen atoms in total. The third-order valence-electron chi connectivity index (χ3n) is 2.50. The van der Waals surface area contributed by atoms with Crippen LogP contribution in [0.1, 0.15) is 16.8 Å². The standard InChI is InChI=1S/C13H14N4O/c1-10-12(9-16-17-10)8-15-13(18)5-4-11-3-2-6-14-7-11/h2-7,9H,8H2,1H3,(H,15,18)(H,16,17)/b5-4+. The van der Waals surface area contributed by atoms with Crippen LogP contribution in [0.15, 0.2) is 36.8 Å². The van der Waals surface area contributed by atoms with Crippen molar-refractivity contribution < 1.29 is 4.79 Å². The summed E-state index contributed by atoms with van der Waals surface area (Å²) in [6.07, 6.45) is 8.32. The minimum atomic E-state index is -0.139. The van der Waals surface area contributed by atoms with E-state index in [0.717, 1.165) is 16.8 Å². The number of hydrogen-bond acceptors (Lipinski definition) is 3. The number of amides is 1. The number of H-pyrrole nitrogens is 1. The zero-order valence-corrected chi connectivity index (χ0v) is 10.1. The van der Waals surface area contributed by atoms with Gasteiger partial charge in [-0.1, -0.05) is 6.07 Å². The highest BCUT2D eigenvalue weighted by Crippen LogP contribution is 2.02. The van der Waals surface area contributed by atoms with E-state index < -0.39 is 0 Å². The Balaban J connectivity index is 1.86. The first-order valence-electron chi connectivity index (χ1n) is 5.60. The number of rotatable bonds is 4. The highest BCUT2D eigenvalue weighted by Gasteiger charge is 2.01. The quantitative estimate of drug-likeness (QED) is 0.797. The van der Waals surface area contributed by atoms with Gasteiger partial charge in [0.25, 0.3) is 0 Å². The Hall–Kier alpha value is -2.43. The number of nitrogens with zero attached hydrogens (tertiary/aromatic N) is 2. The maximum absolute atomic E-state index is 11.6. The lowest BCUT2D eigenvalue weighted by molar-refractivity contribution is -0.116. The van der Waals surface area contributed by atoms with Crippen LogP contribution in [-0.2, 0) is 11.3 Å². The second-order valence-corrected chi connectivity index (χ2v) is 3.86. The Kier molecular flexibility index (Phi) is 3.86. The summed E-state index contributed by atoms with van der Waals surface area (Å²) in [7, 11) is 0. The first-order chi connectivity index (χ1) is 8.75. The van der Waals surface area contributed by atoms with E-state index in [1.54, 1.807) is 24.7 Å². The zero-order chi connectivity index (χ0) is 12.8. The van der Waals surface area contributed by atoms with Gasteiger partial charge in [0.2, 0.25) is 5.91 Å². The number of nitrogens with one attached hydrogen (secondary N) is 2. The molecule has 0 saturated heterocycles. The summed E-state index contributed by atoms with van der Waals surface area (Å²) in [5.41, 5.74) is 2.84. The Morgan fingerprint density at radius 2 is 2.39 bits per heavy atom. The summed E-state index contributed by atoms with van der Waals surface area (Å²) in [4.78, 5) is 15.5. The second-order valence-electron chi connectivity index (χ2n) is 3.86. The molecule has 2 aromatic heterocycles. The fourth-order valence-corrected chi connectivity index (χ4v) is 1.44. The van der Waals surface area contributed by atoms with Crippen molar-refractivity contribution in [2.75, 3.05) is 0 Å². The first-order valence-corrected chi connectivity index (χ1v) is 5.60. The van der Waals surface area contributed by atoms with E-state index >= 15 is 0 Å². The van der Waals surface area contributed by atoms with Crippen LogP contribution in [0.3, 0.4) is 0 Å². The molecule has 92 valence electrons. The third-order valence-corrected chi connectivity index (χ3v) is 2.50. The highest BCUT2D eigenvalue weighted by molar-refractivity contribution is 5.91. The number of aromatic amines is 1. The van der Waals surface area contributed by atoms with Gasteiger partial charge in [-0.15, -0.1) is 0 Å². The van der Waals surface area contributed by atoms with E-state index in [2.05, 4.69) is 20.5 Å². The summed E-state index contributed by atoms with van der Waals surface area (Å²) >= 11 is 0. The van der Waals surface area contributed by atoms with Crippen LogP contribution in [0.5, 0.6) is 0 Å². The number of hydrogen-bond donors (Lipinski definition) is 2. The smallest absolute Gasteiger partial charge is 0.244 e. The molecular weight excluding hydrogens is 228 g/mol. The predicted molar refractivity (Wildman–Crippen MR) is 68.4 cm³/mol. The SMILES string of the molecule is Cc1[nH]ncc1CNC(=O)/C=C/c1cccnc1. The molecule has 5 heteroatoms. The molecule has 2 rings (SSSR count). The Bertz CT molecular complexity index is 545. The zero-order valence-electron chi connectivity index (χ0n) is 10.1. The highest BCUT2D eigenvalue weighted by atomic mass is 16.1. The molecule has 0 fully saturated rings. The summed E-state index contributed by atoms with van der Waals surface area (Å²) in [5.74, 6) is -0.139. The maximum Gasteiger partial charge on any atom is 0.244 e. The van der Waals surface area contributed by atoms with Crippen molar-refractivity contribution in [1.29, 1.82) is 0 Å². The molecule has 0 aliphatic rings. The Morgan fingerprint density at radius 1 is 1.50 bits per heavy atom. The van der Waals surface area contributed by atoms with Gasteiger partial charge in [-0.3, -0.25) is 14.9 Å². The van der Waals surface area contributed by atoms with Crippen LogP contribution in [0, 0.1) is 6.92 Å². The molecule has 0 aliphatic heterocycles. The molecule has 2 N–H and O–H groups in total. The van der Waals surface area contributed by atoms with Gasteiger partial charge in [-0.05, 0) is 24.6 Å². The van der Waals surface area contributed by atoms with Crippen molar-refractivity contribution in [2.24, 2.45) is 0 Å². The monoisotopic (exact) mass is 242 g/mol. The molecule has 0 aliphatic carbocycles. The van der Waals surface area contributed by atoms with E-state index in [1.807, 2.05) is 19.1 Å². The van der Waals surface area contributed by atoms with Gasteiger partial charge in [0.05, 0.1) is 6.20 Å². The van der Waals surface area contributed by atoms with E-state index in [9.17, 15) is 4.79 Å². The number of pyridine rings is 1. The van der Waals surface area contributed by atoms with Gasteiger partial charge < -0.3 is 5.32 Å². The van der Waals surface area contributed by atoms with Crippen molar-refractivity contribution in [3.8, 4) is 0 Å². The summed E-state index contributed by atoms with van der Waals surface area (Å²) < 4.78 is 0. The fraction of sp³-hybridized carbons (Fsp3) is 0.154. The minimum Gasteiger partial charge on any atom is -0.348 e. The van der Waals surface area contributed by atoms with Crippen molar-refractivity contribution in [2.45, 2.75) is 13.5 Å². The van der Waals surface area contributed by atoms with E-state index in [1.165, 1.54) is 6.08 Å². The van der Waals surface area contributed by atoms with Crippen molar-refractivity contribution in [3.05, 3.63) is 53.6 Å². The predicted octanol–water partition coefficient (Wildman–Crippen LogP) is 1.44. The molecule has 2 aromatic rings. The molecule has 0 saturated carbocycles. The van der Waals surface area contributed by atoms with E-state index in [4.69, 9.17) is 0 Å². The molecule has 0 aromatic carbocycles. The van der Waals surface area contributed by atoms with Gasteiger partial charge in [-0.25, -0.2) is 0 Å². The van der Waals surface area contributed by atoms with E-state index in [-0.39, 0.29) is 5.91 Å². The van der Waals surface area contributed by atoms with Gasteiger partial charge in [0.1, 0.15) is 0 Å². The number of carbonyl (C=O) groups excluding carboxylic acids is 1. The number of aromatic nitrogens is 3. The molecular formula is C13H14N4O. The van der Waals surface area contributed by atoms with Crippen LogP contribution in [0.25, 0.3) is 6.08 Å². The van der Waals surface area contributed by atoms with Gasteiger partial charge in [-0.2, -0.15) is 5.10 Å². The van der Waals surface area contributed by atoms with Crippen LogP contribution >= 0.6 is 0 Å². The van der Waals surface area contributed by atoms with Gasteiger partial charge in [0, 0.05) is 36.3 Å². The molecule has 18 heavy (non-hydrogen) atoms. The largest absolute Gasteiger partial charge is 0.348 e. The average Bonchev–Trinajstić information content (AvgIpc) is 2.81. The van der Waals surface area contributed by atoms with Crippen LogP contribution in [-0.4, -0.2) is 21.1 Å². The molecule has 0 atom stereocenters. The van der Waals surface area contributed by atoms with Crippen molar-refractivity contribution in [1.82, 2.24) is 20.5 Å². The Morgan fingerprint density at radius 3 is 3.06 bits per heavy atom. The fourth-order valence-electron chi connectivity index (χ4n) is 1.44. The topological polar surface area (TPSA) is 70.7 Å². The second kappa shape index (κ2) is 5.77. The lowest BCUT2D eigenvalue weighted by Crippen LogP contribution is -2.20. The lowest BCUT2D eigenvalue weighted by Gasteiger charge is -2.00. The third kappa shape index (κ3) is 3.28. The number of aryl methyl sites for hydroxylation is 1. The molecule has 2 heterocycles. The average molecular weight is 242 g/mol. The molecule has 0 bridgehead atoms. The van der Waals surface area contributed by atoms with Crippen molar-refractivity contribution in [3.63, 3.8) is 0 Å². The van der Waals surface area contributed by atoms with Crippen LogP contribution < -0.4 is 5.32 Å². The lowest BCUT2D eigenvalue weighted by atomic mass is 10.2. The molecule has 0 spiro atoms. The Labute approximate surface area is 105 Å². The summed E-state index contributed by atoms with van der Waals surface area (Å²) in [6.45, 7) is 2.39. The van der Waals surface area contributed by atoms with Crippen LogP contribution in [0.2, 0.25) is 0 Å². The minimum absolute atomic E-state index is 0.139. The van der Waals surface area contributed by atoms with Crippen LogP contribution in [0.4, 0.5) is 0 Å². The summed E-state index contributed by atoms with van der Waals surface area (Å²) in [5, 5.41) is 9.50. The van der Waals surface area contributed by atoms with Gasteiger partial charge in [0.15, 0.2) is 0 Å². The number of carbonyl (C=O) groups is 1. The van der Waals surface area contributed by atoms with Gasteiger partial charge >= 0.3 is 0 Å².